The van der Waals surface area contributed by atoms with Crippen molar-refractivity contribution in [3.05, 3.63) is 58.6 Å². The summed E-state index contributed by atoms with van der Waals surface area (Å²) in [5, 5.41) is 3.66. The average Bonchev–Trinajstić information content (AvgIpc) is 2.46. The summed E-state index contributed by atoms with van der Waals surface area (Å²) in [5.41, 5.74) is 4.08. The summed E-state index contributed by atoms with van der Waals surface area (Å²) in [6, 6.07) is 13.5. The minimum atomic E-state index is -0.271. The van der Waals surface area contributed by atoms with Gasteiger partial charge in [-0.15, -0.1) is 0 Å². The van der Waals surface area contributed by atoms with E-state index >= 15 is 0 Å². The van der Waals surface area contributed by atoms with Crippen LogP contribution in [-0.4, -0.2) is 12.5 Å². The number of amides is 1. The van der Waals surface area contributed by atoms with E-state index in [0.717, 1.165) is 29.9 Å². The molecular weight excluding hydrogens is 272 g/mol. The Balaban J connectivity index is 1.92. The predicted octanol–water partition coefficient (Wildman–Crippen LogP) is 3.40. The van der Waals surface area contributed by atoms with Crippen LogP contribution >= 0.6 is 11.6 Å². The van der Waals surface area contributed by atoms with Gasteiger partial charge < -0.3 is 10.2 Å². The summed E-state index contributed by atoms with van der Waals surface area (Å²) in [6.07, 6.45) is 0.935. The van der Waals surface area contributed by atoms with E-state index in [1.54, 1.807) is 0 Å². The Hall–Kier alpha value is -2.00. The van der Waals surface area contributed by atoms with Crippen LogP contribution < -0.4 is 10.2 Å². The fourth-order valence-electron chi connectivity index (χ4n) is 3.20. The highest BCUT2D eigenvalue weighted by Crippen LogP contribution is 2.45. The third-order valence-electron chi connectivity index (χ3n) is 4.06. The van der Waals surface area contributed by atoms with Gasteiger partial charge in [-0.1, -0.05) is 41.9 Å². The number of rotatable bonds is 0. The quantitative estimate of drug-likeness (QED) is 0.804. The van der Waals surface area contributed by atoms with E-state index in [1.807, 2.05) is 36.4 Å². The third-order valence-corrected chi connectivity index (χ3v) is 4.37. The monoisotopic (exact) mass is 284 g/mol. The maximum Gasteiger partial charge on any atom is 0.251 e. The van der Waals surface area contributed by atoms with Crippen LogP contribution in [0, 0.1) is 0 Å². The molecule has 20 heavy (non-hydrogen) atoms. The molecule has 0 aromatic heterocycles. The molecule has 1 N–H and O–H groups in total. The summed E-state index contributed by atoms with van der Waals surface area (Å²) < 4.78 is 0. The van der Waals surface area contributed by atoms with E-state index in [9.17, 15) is 4.79 Å². The van der Waals surface area contributed by atoms with Crippen molar-refractivity contribution in [3.8, 4) is 0 Å². The average molecular weight is 285 g/mol. The van der Waals surface area contributed by atoms with Crippen molar-refractivity contribution in [1.82, 2.24) is 0 Å². The summed E-state index contributed by atoms with van der Waals surface area (Å²) in [7, 11) is 0. The molecule has 0 fully saturated rings. The molecule has 0 radical (unpaired) electrons. The largest absolute Gasteiger partial charge is 0.353 e. The van der Waals surface area contributed by atoms with Crippen LogP contribution in [0.1, 0.15) is 17.2 Å². The number of hydrogen-bond donors (Lipinski definition) is 1. The second-order valence-corrected chi connectivity index (χ2v) is 5.58. The standard InChI is InChI=1S/C16H13ClN2O/c17-12-6-3-7-13-15(12)19-9-8-10-4-1-2-5-11(10)14(19)16(20)18-13/h1-7,14H,8-9H2,(H,18,20). The first-order valence-corrected chi connectivity index (χ1v) is 7.07. The van der Waals surface area contributed by atoms with Crippen molar-refractivity contribution in [2.75, 3.05) is 16.8 Å². The number of benzene rings is 2. The number of halogens is 1. The molecule has 2 aromatic carbocycles. The van der Waals surface area contributed by atoms with E-state index in [1.165, 1.54) is 5.56 Å². The molecule has 0 saturated carbocycles. The summed E-state index contributed by atoms with van der Waals surface area (Å²) in [6.45, 7) is 0.811. The van der Waals surface area contributed by atoms with Crippen molar-refractivity contribution in [1.29, 1.82) is 0 Å². The molecule has 3 nitrogen and oxygen atoms in total. The van der Waals surface area contributed by atoms with Gasteiger partial charge in [0.1, 0.15) is 6.04 Å². The Kier molecular flexibility index (Phi) is 2.51. The van der Waals surface area contributed by atoms with Crippen LogP contribution in [0.15, 0.2) is 42.5 Å². The number of carbonyl (C=O) groups is 1. The van der Waals surface area contributed by atoms with Gasteiger partial charge in [0.25, 0.3) is 5.91 Å². The molecular formula is C16H13ClN2O. The van der Waals surface area contributed by atoms with Gasteiger partial charge in [0, 0.05) is 6.54 Å². The topological polar surface area (TPSA) is 32.3 Å². The fraction of sp³-hybridized carbons (Fsp3) is 0.188. The predicted molar refractivity (Wildman–Crippen MR) is 80.3 cm³/mol. The maximum atomic E-state index is 12.5. The Morgan fingerprint density at radius 1 is 1.15 bits per heavy atom. The van der Waals surface area contributed by atoms with Crippen LogP contribution in [-0.2, 0) is 11.2 Å². The molecule has 0 spiro atoms. The molecule has 0 bridgehead atoms. The number of fused-ring (bicyclic) bond motifs is 5. The van der Waals surface area contributed by atoms with Crippen LogP contribution in [0.2, 0.25) is 5.02 Å². The number of nitrogens with zero attached hydrogens (tertiary/aromatic N) is 1. The lowest BCUT2D eigenvalue weighted by atomic mass is 9.90. The highest BCUT2D eigenvalue weighted by Gasteiger charge is 2.38. The Labute approximate surface area is 122 Å². The molecule has 2 heterocycles. The maximum absolute atomic E-state index is 12.5. The zero-order valence-corrected chi connectivity index (χ0v) is 11.5. The number of anilines is 2. The smallest absolute Gasteiger partial charge is 0.251 e. The van der Waals surface area contributed by atoms with E-state index in [2.05, 4.69) is 16.3 Å². The first-order chi connectivity index (χ1) is 9.75. The molecule has 2 aliphatic heterocycles. The molecule has 0 saturated heterocycles. The Morgan fingerprint density at radius 3 is 2.90 bits per heavy atom. The van der Waals surface area contributed by atoms with Gasteiger partial charge in [-0.25, -0.2) is 0 Å². The third kappa shape index (κ3) is 1.56. The summed E-state index contributed by atoms with van der Waals surface area (Å²) >= 11 is 6.34. The van der Waals surface area contributed by atoms with Crippen LogP contribution in [0.25, 0.3) is 0 Å². The SMILES string of the molecule is O=C1Nc2cccc(Cl)c2N2CCc3ccccc3C12. The molecule has 2 aromatic rings. The summed E-state index contributed by atoms with van der Waals surface area (Å²) in [5.74, 6) is 0.0203. The lowest BCUT2D eigenvalue weighted by Crippen LogP contribution is -2.45. The van der Waals surface area contributed by atoms with Crippen molar-refractivity contribution in [2.45, 2.75) is 12.5 Å². The van der Waals surface area contributed by atoms with Crippen molar-refractivity contribution in [3.63, 3.8) is 0 Å². The number of nitrogens with one attached hydrogen (secondary N) is 1. The van der Waals surface area contributed by atoms with Gasteiger partial charge >= 0.3 is 0 Å². The zero-order chi connectivity index (χ0) is 13.7. The molecule has 0 aliphatic carbocycles. The van der Waals surface area contributed by atoms with Crippen LogP contribution in [0.3, 0.4) is 0 Å². The molecule has 1 atom stereocenters. The van der Waals surface area contributed by atoms with Crippen LogP contribution in [0.4, 0.5) is 11.4 Å². The summed E-state index contributed by atoms with van der Waals surface area (Å²) in [4.78, 5) is 14.6. The van der Waals surface area contributed by atoms with Gasteiger partial charge in [0.05, 0.1) is 16.4 Å². The molecule has 4 rings (SSSR count). The minimum Gasteiger partial charge on any atom is -0.353 e. The lowest BCUT2D eigenvalue weighted by Gasteiger charge is -2.42. The molecule has 4 heteroatoms. The van der Waals surface area contributed by atoms with E-state index < -0.39 is 0 Å². The highest BCUT2D eigenvalue weighted by molar-refractivity contribution is 6.34. The van der Waals surface area contributed by atoms with Gasteiger partial charge in [0.2, 0.25) is 0 Å². The number of carbonyl (C=O) groups excluding carboxylic acids is 1. The second-order valence-electron chi connectivity index (χ2n) is 5.17. The van der Waals surface area contributed by atoms with Gasteiger partial charge in [-0.2, -0.15) is 0 Å². The van der Waals surface area contributed by atoms with Gasteiger partial charge in [-0.3, -0.25) is 4.79 Å². The van der Waals surface area contributed by atoms with Gasteiger partial charge in [-0.05, 0) is 29.7 Å². The minimum absolute atomic E-state index is 0.0203. The number of hydrogen-bond acceptors (Lipinski definition) is 2. The Bertz CT molecular complexity index is 713. The fourth-order valence-corrected chi connectivity index (χ4v) is 3.48. The Morgan fingerprint density at radius 2 is 2.00 bits per heavy atom. The molecule has 100 valence electrons. The highest BCUT2D eigenvalue weighted by atomic mass is 35.5. The van der Waals surface area contributed by atoms with Gasteiger partial charge in [0.15, 0.2) is 0 Å². The molecule has 2 aliphatic rings. The van der Waals surface area contributed by atoms with E-state index in [0.29, 0.717) is 5.02 Å². The first-order valence-electron chi connectivity index (χ1n) is 6.69. The van der Waals surface area contributed by atoms with Crippen LogP contribution in [0.5, 0.6) is 0 Å². The van der Waals surface area contributed by atoms with Crippen molar-refractivity contribution >= 4 is 28.9 Å². The second kappa shape index (κ2) is 4.25. The molecule has 1 unspecified atom stereocenters. The van der Waals surface area contributed by atoms with Crippen molar-refractivity contribution < 1.29 is 4.79 Å². The van der Waals surface area contributed by atoms with Crippen molar-refractivity contribution in [2.24, 2.45) is 0 Å². The molecule has 1 amide bonds. The van der Waals surface area contributed by atoms with E-state index in [4.69, 9.17) is 11.6 Å². The first kappa shape index (κ1) is 11.8. The van der Waals surface area contributed by atoms with E-state index in [-0.39, 0.29) is 11.9 Å². The zero-order valence-electron chi connectivity index (χ0n) is 10.8. The lowest BCUT2D eigenvalue weighted by molar-refractivity contribution is -0.117. The normalized spacial score (nSPS) is 19.8. The number of para-hydroxylation sites is 1.